The summed E-state index contributed by atoms with van der Waals surface area (Å²) in [5.74, 6) is 0.290. The minimum Gasteiger partial charge on any atom is -0.461 e. The molecule has 0 aliphatic carbocycles. The van der Waals surface area contributed by atoms with Crippen LogP contribution in [0.15, 0.2) is 24.3 Å². The summed E-state index contributed by atoms with van der Waals surface area (Å²) in [6.07, 6.45) is 0. The van der Waals surface area contributed by atoms with Crippen molar-refractivity contribution in [3.05, 3.63) is 30.1 Å². The fraction of sp³-hybridized carbons (Fsp3) is 0. The van der Waals surface area contributed by atoms with E-state index < -0.39 is 18.0 Å². The molecule has 0 aliphatic heterocycles. The first-order chi connectivity index (χ1) is 5.56. The molecule has 0 saturated heterocycles. The third kappa shape index (κ3) is 3.70. The topological polar surface area (TPSA) is 23.8 Å². The Morgan fingerprint density at radius 2 is 1.62 bits per heavy atom. The van der Waals surface area contributed by atoms with Gasteiger partial charge in [-0.1, -0.05) is 18.1 Å². The summed E-state index contributed by atoms with van der Waals surface area (Å²) >= 11 is 0. The Bertz CT molecular complexity index is 320. The first-order valence-corrected chi connectivity index (χ1v) is 3.25. The molecule has 0 saturated carbocycles. The number of nitriles is 1. The second-order valence-electron chi connectivity index (χ2n) is 2.34. The molecule has 1 nitrogen and oxygen atoms in total. The molecule has 6 heteroatoms. The molecule has 1 rings (SSSR count). The molecule has 0 bridgehead atoms. The van der Waals surface area contributed by atoms with Gasteiger partial charge >= 0.3 is 75.6 Å². The van der Waals surface area contributed by atoms with Crippen LogP contribution in [-0.4, -0.2) is 6.70 Å². The molecule has 0 aromatic heterocycles. The van der Waals surface area contributed by atoms with E-state index in [-0.39, 0.29) is 68.9 Å². The Labute approximate surface area is 133 Å². The van der Waals surface area contributed by atoms with Gasteiger partial charge in [-0.2, -0.15) is 0 Å². The molecule has 0 radical (unpaired) electrons. The standard InChI is InChI=1S/C7H4BF3N.Cs/c9-7-3-1-6(2-4-7)8(10,11)5-12;/h1-4H;/q-1;+1. The smallest absolute Gasteiger partial charge is 0.461 e. The van der Waals surface area contributed by atoms with Gasteiger partial charge in [0.2, 0.25) is 0 Å². The SMILES string of the molecule is N#C[B-](F)(F)c1ccc(F)cc1.[Cs+]. The zero-order valence-electron chi connectivity index (χ0n) is 6.97. The molecule has 0 spiro atoms. The third-order valence-corrected chi connectivity index (χ3v) is 1.45. The largest absolute Gasteiger partial charge is 1.00 e. The van der Waals surface area contributed by atoms with Gasteiger partial charge in [-0.25, -0.2) is 9.65 Å². The molecule has 0 fully saturated rings. The summed E-state index contributed by atoms with van der Waals surface area (Å²) in [6.45, 7) is -4.17. The van der Waals surface area contributed by atoms with Gasteiger partial charge in [-0.05, 0) is 12.1 Å². The van der Waals surface area contributed by atoms with Gasteiger partial charge in [0.15, 0.2) is 0 Å². The summed E-state index contributed by atoms with van der Waals surface area (Å²) < 4.78 is 37.4. The summed E-state index contributed by atoms with van der Waals surface area (Å²) in [4.78, 5) is 0. The van der Waals surface area contributed by atoms with Crippen molar-refractivity contribution in [2.75, 3.05) is 0 Å². The summed E-state index contributed by atoms with van der Waals surface area (Å²) in [5.41, 5.74) is -0.432. The van der Waals surface area contributed by atoms with Crippen molar-refractivity contribution in [2.45, 2.75) is 0 Å². The van der Waals surface area contributed by atoms with Crippen LogP contribution < -0.4 is 74.4 Å². The summed E-state index contributed by atoms with van der Waals surface area (Å²) in [6, 6.07) is 3.64. The maximum absolute atomic E-state index is 12.6. The summed E-state index contributed by atoms with van der Waals surface area (Å²) in [5, 5.41) is 8.05. The van der Waals surface area contributed by atoms with E-state index in [2.05, 4.69) is 0 Å². The number of rotatable bonds is 1. The molecule has 0 amide bonds. The van der Waals surface area contributed by atoms with Crippen molar-refractivity contribution >= 4 is 12.2 Å². The van der Waals surface area contributed by atoms with Gasteiger partial charge in [0.05, 0.1) is 0 Å². The number of hydrogen-bond acceptors (Lipinski definition) is 1. The minimum atomic E-state index is -4.17. The average molecular weight is 303 g/mol. The molecule has 0 N–H and O–H groups in total. The Kier molecular flexibility index (Phi) is 5.75. The van der Waals surface area contributed by atoms with E-state index in [0.29, 0.717) is 0 Å². The van der Waals surface area contributed by atoms with Crippen LogP contribution in [0.1, 0.15) is 0 Å². The van der Waals surface area contributed by atoms with Crippen LogP contribution >= 0.6 is 0 Å². The van der Waals surface area contributed by atoms with Crippen LogP contribution in [0.5, 0.6) is 0 Å². The van der Waals surface area contributed by atoms with Gasteiger partial charge in [-0.3, -0.25) is 0 Å². The molecule has 0 unspecified atom stereocenters. The monoisotopic (exact) mass is 303 g/mol. The van der Waals surface area contributed by atoms with Crippen LogP contribution in [0.25, 0.3) is 0 Å². The van der Waals surface area contributed by atoms with E-state index in [1.165, 1.54) is 0 Å². The number of hydrogen-bond donors (Lipinski definition) is 0. The Balaban J connectivity index is 0.00000144. The molecule has 1 aromatic rings. The molecule has 13 heavy (non-hydrogen) atoms. The molecule has 0 atom stereocenters. The number of benzene rings is 1. The Morgan fingerprint density at radius 3 is 2.00 bits per heavy atom. The molecular formula is C7H4BCsF3N. The first kappa shape index (κ1) is 13.6. The Morgan fingerprint density at radius 1 is 1.15 bits per heavy atom. The van der Waals surface area contributed by atoms with Crippen LogP contribution in [-0.2, 0) is 0 Å². The maximum atomic E-state index is 12.6. The predicted octanol–water partition coefficient (Wildman–Crippen LogP) is -1.52. The van der Waals surface area contributed by atoms with Crippen molar-refractivity contribution in [3.8, 4) is 5.97 Å². The van der Waals surface area contributed by atoms with Gasteiger partial charge in [-0.15, -0.1) is 5.46 Å². The van der Waals surface area contributed by atoms with E-state index in [1.54, 1.807) is 0 Å². The van der Waals surface area contributed by atoms with E-state index in [9.17, 15) is 13.0 Å². The van der Waals surface area contributed by atoms with Crippen LogP contribution in [0.3, 0.4) is 0 Å². The Hall–Kier alpha value is 0.617. The number of nitrogens with zero attached hydrogens (tertiary/aromatic N) is 1. The van der Waals surface area contributed by atoms with Crippen molar-refractivity contribution < 1.29 is 81.9 Å². The van der Waals surface area contributed by atoms with Crippen LogP contribution in [0, 0.1) is 17.0 Å². The van der Waals surface area contributed by atoms with E-state index in [4.69, 9.17) is 5.26 Å². The van der Waals surface area contributed by atoms with Gasteiger partial charge in [0, 0.05) is 0 Å². The minimum absolute atomic E-state index is 0. The van der Waals surface area contributed by atoms with Crippen molar-refractivity contribution in [2.24, 2.45) is 0 Å². The maximum Gasteiger partial charge on any atom is 1.00 e. The first-order valence-electron chi connectivity index (χ1n) is 3.25. The zero-order valence-corrected chi connectivity index (χ0v) is 13.2. The second-order valence-corrected chi connectivity index (χ2v) is 2.34. The quantitative estimate of drug-likeness (QED) is 0.578. The van der Waals surface area contributed by atoms with E-state index in [1.807, 2.05) is 0 Å². The van der Waals surface area contributed by atoms with Gasteiger partial charge in [0.1, 0.15) is 5.82 Å². The molecule has 0 aliphatic rings. The van der Waals surface area contributed by atoms with Crippen molar-refractivity contribution in [1.29, 1.82) is 5.26 Å². The summed E-state index contributed by atoms with van der Waals surface area (Å²) in [7, 11) is 0. The molecule has 0 heterocycles. The molecule has 62 valence electrons. The molecule has 1 aromatic carbocycles. The predicted molar refractivity (Wildman–Crippen MR) is 39.6 cm³/mol. The van der Waals surface area contributed by atoms with Crippen molar-refractivity contribution in [3.63, 3.8) is 0 Å². The van der Waals surface area contributed by atoms with Gasteiger partial charge in [0.25, 0.3) is 0 Å². The normalized spacial score (nSPS) is 10.0. The van der Waals surface area contributed by atoms with E-state index >= 15 is 0 Å². The van der Waals surface area contributed by atoms with Crippen molar-refractivity contribution in [1.82, 2.24) is 0 Å². The second kappa shape index (κ2) is 5.49. The fourth-order valence-corrected chi connectivity index (χ4v) is 0.779. The van der Waals surface area contributed by atoms with Gasteiger partial charge < -0.3 is 8.63 Å². The van der Waals surface area contributed by atoms with E-state index in [0.717, 1.165) is 30.2 Å². The third-order valence-electron chi connectivity index (χ3n) is 1.45. The average Bonchev–Trinajstić information content (AvgIpc) is 2.05. The molecular weight excluding hydrogens is 299 g/mol. The number of halogens is 3. The fourth-order valence-electron chi connectivity index (χ4n) is 0.779. The zero-order chi connectivity index (χ0) is 9.19. The van der Waals surface area contributed by atoms with Crippen LogP contribution in [0.4, 0.5) is 13.0 Å². The van der Waals surface area contributed by atoms with Crippen LogP contribution in [0.2, 0.25) is 0 Å².